The predicted molar refractivity (Wildman–Crippen MR) is 241 cm³/mol. The van der Waals surface area contributed by atoms with Gasteiger partial charge in [-0.1, -0.05) is 106 Å². The van der Waals surface area contributed by atoms with Crippen LogP contribution in [0.3, 0.4) is 0 Å². The van der Waals surface area contributed by atoms with Crippen LogP contribution < -0.4 is 0 Å². The molecule has 4 aliphatic carbocycles. The van der Waals surface area contributed by atoms with E-state index in [0.29, 0.717) is 17.3 Å². The molecule has 0 bridgehead atoms. The average molecular weight is 803 g/mol. The number of hydrogen-bond acceptors (Lipinski definition) is 4. The first-order valence-electron chi connectivity index (χ1n) is 22.6. The van der Waals surface area contributed by atoms with Crippen molar-refractivity contribution in [1.82, 2.24) is 0 Å². The fraction of sp³-hybridized carbons (Fsp3) is 0.915. The molecule has 54 heavy (non-hydrogen) atoms. The molecule has 0 amide bonds. The monoisotopic (exact) mass is 803 g/mol. The van der Waals surface area contributed by atoms with Crippen molar-refractivity contribution in [3.8, 4) is 0 Å². The second-order valence-corrected chi connectivity index (χ2v) is 37.9. The summed E-state index contributed by atoms with van der Waals surface area (Å²) in [6, 6.07) is 0. The molecule has 0 saturated heterocycles. The van der Waals surface area contributed by atoms with Crippen molar-refractivity contribution in [2.75, 3.05) is 6.61 Å². The van der Waals surface area contributed by atoms with E-state index < -0.39 is 25.0 Å². The molecule has 4 saturated carbocycles. The van der Waals surface area contributed by atoms with E-state index in [4.69, 9.17) is 18.0 Å². The molecule has 0 aromatic rings. The Labute approximate surface area is 339 Å². The number of allylic oxidation sites excluding steroid dienone is 3. The summed E-state index contributed by atoms with van der Waals surface area (Å²) in [7, 11) is -5.76. The Morgan fingerprint density at radius 2 is 1.22 bits per heavy atom. The zero-order valence-corrected chi connectivity index (χ0v) is 42.4. The number of ether oxygens (including phenoxy) is 1. The summed E-state index contributed by atoms with van der Waals surface area (Å²) in [6.45, 7) is 46.4. The highest BCUT2D eigenvalue weighted by Gasteiger charge is 2.61. The van der Waals surface area contributed by atoms with Crippen molar-refractivity contribution >= 4 is 25.0 Å². The van der Waals surface area contributed by atoms with Gasteiger partial charge in [0.05, 0.1) is 23.9 Å². The molecule has 0 aliphatic heterocycles. The van der Waals surface area contributed by atoms with Gasteiger partial charge in [-0.05, 0) is 156 Å². The van der Waals surface area contributed by atoms with Crippen LogP contribution in [0.1, 0.15) is 167 Å². The van der Waals surface area contributed by atoms with Crippen LogP contribution in [0, 0.1) is 22.7 Å². The minimum atomic E-state index is -1.94. The SMILES string of the molecule is CCC(CC)(CCO[C@H](C)C1CCC2/C(=C/C=C3C[C@@H](O[Si](C)(C)C(C)(C)C)C4(CC4)[C@H](O[Si](C)(C)C(C)(C)C)C3)CCCC21C)O[Si](C)(C)C(C)(C)C. The molecule has 0 heterocycles. The Hall–Kier alpha value is -0.0294. The second-order valence-electron chi connectivity index (χ2n) is 23.6. The summed E-state index contributed by atoms with van der Waals surface area (Å²) in [6.07, 6.45) is 20.1. The molecular weight excluding hydrogens is 713 g/mol. The summed E-state index contributed by atoms with van der Waals surface area (Å²) in [5.41, 5.74) is 3.67. The van der Waals surface area contributed by atoms with Gasteiger partial charge in [0.25, 0.3) is 0 Å². The number of hydrogen-bond donors (Lipinski definition) is 0. The van der Waals surface area contributed by atoms with Gasteiger partial charge >= 0.3 is 0 Å². The predicted octanol–water partition coefficient (Wildman–Crippen LogP) is 14.8. The Morgan fingerprint density at radius 1 is 0.722 bits per heavy atom. The van der Waals surface area contributed by atoms with Crippen molar-refractivity contribution in [2.45, 2.75) is 245 Å². The Balaban J connectivity index is 1.52. The molecule has 7 heteroatoms. The first kappa shape index (κ1) is 46.7. The lowest BCUT2D eigenvalue weighted by atomic mass is 9.62. The molecule has 4 rings (SSSR count). The van der Waals surface area contributed by atoms with E-state index in [0.717, 1.165) is 38.7 Å². The van der Waals surface area contributed by atoms with Gasteiger partial charge in [-0.25, -0.2) is 0 Å². The molecule has 0 aromatic heterocycles. The van der Waals surface area contributed by atoms with E-state index in [1.807, 2.05) is 0 Å². The molecule has 4 nitrogen and oxygen atoms in total. The van der Waals surface area contributed by atoms with Crippen LogP contribution in [0.2, 0.25) is 54.4 Å². The molecule has 314 valence electrons. The van der Waals surface area contributed by atoms with Gasteiger partial charge in [-0.15, -0.1) is 0 Å². The zero-order chi connectivity index (χ0) is 41.0. The van der Waals surface area contributed by atoms with Gasteiger partial charge in [0.15, 0.2) is 25.0 Å². The topological polar surface area (TPSA) is 36.9 Å². The molecule has 4 aliphatic rings. The van der Waals surface area contributed by atoms with Gasteiger partial charge in [-0.2, -0.15) is 0 Å². The summed E-state index contributed by atoms with van der Waals surface area (Å²) in [5.74, 6) is 1.26. The van der Waals surface area contributed by atoms with E-state index in [-0.39, 0.29) is 44.4 Å². The van der Waals surface area contributed by atoms with Crippen molar-refractivity contribution < 1.29 is 18.0 Å². The highest BCUT2D eigenvalue weighted by molar-refractivity contribution is 6.75. The highest BCUT2D eigenvalue weighted by Crippen LogP contribution is 2.62. The van der Waals surface area contributed by atoms with E-state index in [2.05, 4.69) is 141 Å². The van der Waals surface area contributed by atoms with Gasteiger partial charge in [-0.3, -0.25) is 0 Å². The third-order valence-corrected chi connectivity index (χ3v) is 30.7. The zero-order valence-electron chi connectivity index (χ0n) is 39.4. The van der Waals surface area contributed by atoms with Crippen molar-refractivity contribution in [2.24, 2.45) is 22.7 Å². The number of fused-ring (bicyclic) bond motifs is 1. The van der Waals surface area contributed by atoms with Crippen LogP contribution >= 0.6 is 0 Å². The first-order chi connectivity index (χ1) is 24.5. The lowest BCUT2D eigenvalue weighted by Gasteiger charge is -2.49. The second kappa shape index (κ2) is 16.2. The molecule has 0 aromatic carbocycles. The third kappa shape index (κ3) is 9.70. The maximum atomic E-state index is 7.40. The standard InChI is InChI=1S/C47H90O4Si3/c1-20-46(21-2,51-54(18,19)44(10,11)12)31-32-48-35(3)38-26-27-39-37(23-22-28-45(38,39)13)25-24-36-33-40(49-52(14,15)42(4,5)6)47(29-30-47)41(34-36)50-53(16,17)43(7,8)9/h24-25,35,38-41H,20-23,26-34H2,1-19H3/b37-25+/t35-,38?,39?,40-,41-,45?/m1/s1. The molecular formula is C47H90O4Si3. The van der Waals surface area contributed by atoms with Gasteiger partial charge in [0.1, 0.15) is 0 Å². The maximum Gasteiger partial charge on any atom is 0.192 e. The van der Waals surface area contributed by atoms with E-state index >= 15 is 0 Å². The fourth-order valence-corrected chi connectivity index (χ4v) is 14.3. The van der Waals surface area contributed by atoms with Crippen LogP contribution in [-0.2, 0) is 18.0 Å². The minimum Gasteiger partial charge on any atom is -0.413 e. The smallest absolute Gasteiger partial charge is 0.192 e. The van der Waals surface area contributed by atoms with E-state index in [9.17, 15) is 0 Å². The van der Waals surface area contributed by atoms with Crippen molar-refractivity contribution in [3.05, 3.63) is 23.3 Å². The van der Waals surface area contributed by atoms with Gasteiger partial charge in [0, 0.05) is 12.0 Å². The quantitative estimate of drug-likeness (QED) is 0.164. The summed E-state index contributed by atoms with van der Waals surface area (Å²) < 4.78 is 28.8. The van der Waals surface area contributed by atoms with E-state index in [1.54, 1.807) is 11.1 Å². The van der Waals surface area contributed by atoms with Crippen molar-refractivity contribution in [3.63, 3.8) is 0 Å². The largest absolute Gasteiger partial charge is 0.413 e. The van der Waals surface area contributed by atoms with Gasteiger partial charge < -0.3 is 18.0 Å². The summed E-state index contributed by atoms with van der Waals surface area (Å²) in [5, 5.41) is 0.605. The first-order valence-corrected chi connectivity index (χ1v) is 31.3. The van der Waals surface area contributed by atoms with Gasteiger partial charge in [0.2, 0.25) is 0 Å². The minimum absolute atomic E-state index is 0.0825. The molecule has 4 fully saturated rings. The van der Waals surface area contributed by atoms with Crippen LogP contribution in [0.5, 0.6) is 0 Å². The summed E-state index contributed by atoms with van der Waals surface area (Å²) in [4.78, 5) is 0. The van der Waals surface area contributed by atoms with Crippen molar-refractivity contribution in [1.29, 1.82) is 0 Å². The average Bonchev–Trinajstić information content (AvgIpc) is 3.74. The maximum absolute atomic E-state index is 7.40. The Bertz CT molecular complexity index is 1290. The molecule has 6 atom stereocenters. The third-order valence-electron chi connectivity index (χ3n) is 17.1. The van der Waals surface area contributed by atoms with Crippen LogP contribution in [0.4, 0.5) is 0 Å². The molecule has 1 spiro atoms. The molecule has 0 N–H and O–H groups in total. The molecule has 0 radical (unpaired) electrons. The Morgan fingerprint density at radius 3 is 1.67 bits per heavy atom. The normalized spacial score (nSPS) is 29.8. The number of rotatable bonds is 14. The molecule has 3 unspecified atom stereocenters. The lowest BCUT2D eigenvalue weighted by molar-refractivity contribution is -0.0520. The van der Waals surface area contributed by atoms with Crippen LogP contribution in [0.25, 0.3) is 0 Å². The van der Waals surface area contributed by atoms with Crippen LogP contribution in [0.15, 0.2) is 23.3 Å². The van der Waals surface area contributed by atoms with Crippen LogP contribution in [-0.4, -0.2) is 55.5 Å². The lowest BCUT2D eigenvalue weighted by Crippen LogP contribution is -2.54. The summed E-state index contributed by atoms with van der Waals surface area (Å²) >= 11 is 0. The fourth-order valence-electron chi connectivity index (χ4n) is 9.80. The Kier molecular flexibility index (Phi) is 14.0. The van der Waals surface area contributed by atoms with E-state index in [1.165, 1.54) is 44.9 Å². The highest BCUT2D eigenvalue weighted by atomic mass is 28.4.